The van der Waals surface area contributed by atoms with Crippen LogP contribution in [0.25, 0.3) is 0 Å². The Morgan fingerprint density at radius 3 is 2.42 bits per heavy atom. The number of hydrogen-bond acceptors (Lipinski definition) is 6. The van der Waals surface area contributed by atoms with Gasteiger partial charge in [0, 0.05) is 45.2 Å². The molecule has 0 saturated carbocycles. The summed E-state index contributed by atoms with van der Waals surface area (Å²) in [6.07, 6.45) is 2.96. The molecule has 1 aromatic rings. The van der Waals surface area contributed by atoms with Gasteiger partial charge in [0.05, 0.1) is 12.7 Å². The van der Waals surface area contributed by atoms with Crippen molar-refractivity contribution in [1.82, 2.24) is 5.32 Å². The average molecular weight is 541 g/mol. The molecule has 0 heterocycles. The lowest BCUT2D eigenvalue weighted by molar-refractivity contribution is -0.127. The number of aliphatic hydroxyl groups is 2. The molecule has 5 N–H and O–H groups in total. The van der Waals surface area contributed by atoms with Crippen LogP contribution in [0, 0.1) is 35.4 Å². The van der Waals surface area contributed by atoms with Crippen molar-refractivity contribution in [1.29, 1.82) is 0 Å². The molecule has 1 amide bonds. The van der Waals surface area contributed by atoms with Gasteiger partial charge in [0.1, 0.15) is 0 Å². The molecule has 5 atom stereocenters. The van der Waals surface area contributed by atoms with Crippen molar-refractivity contribution in [3.8, 4) is 5.75 Å². The standard InChI is InChI=1S/C30H53FN2O5/c1-7-22(11-12-34)19-33-30(36)25(21(4)5)18-28(35)27(32)17-24(20(2)3)15-23-9-10-26(31)29(16-23)38-14-8-13-37-6/h9-10,16,20-22,24-25,27-28,34-35H,7-8,11-15,17-19,32H2,1-6H3,(H,33,36)/t22?,24-,25-,27-,28-/m0/s1. The van der Waals surface area contributed by atoms with Gasteiger partial charge in [-0.05, 0) is 67.1 Å². The predicted molar refractivity (Wildman–Crippen MR) is 150 cm³/mol. The highest BCUT2D eigenvalue weighted by Crippen LogP contribution is 2.28. The predicted octanol–water partition coefficient (Wildman–Crippen LogP) is 4.32. The Morgan fingerprint density at radius 2 is 1.84 bits per heavy atom. The van der Waals surface area contributed by atoms with Gasteiger partial charge in [0.2, 0.25) is 5.91 Å². The molecule has 1 unspecified atom stereocenters. The van der Waals surface area contributed by atoms with Crippen LogP contribution in [0.15, 0.2) is 18.2 Å². The monoisotopic (exact) mass is 540 g/mol. The van der Waals surface area contributed by atoms with Crippen LogP contribution in [0.1, 0.15) is 72.3 Å². The van der Waals surface area contributed by atoms with Crippen LogP contribution in [0.2, 0.25) is 0 Å². The van der Waals surface area contributed by atoms with Crippen LogP contribution in [-0.2, 0) is 16.0 Å². The van der Waals surface area contributed by atoms with Crippen LogP contribution in [0.5, 0.6) is 5.75 Å². The number of nitrogens with two attached hydrogens (primary N) is 1. The highest BCUT2D eigenvalue weighted by atomic mass is 19.1. The number of nitrogens with one attached hydrogen (secondary N) is 1. The number of halogens is 1. The van der Waals surface area contributed by atoms with Gasteiger partial charge < -0.3 is 30.7 Å². The quantitative estimate of drug-likeness (QED) is 0.183. The fourth-order valence-electron chi connectivity index (χ4n) is 4.70. The Kier molecular flexibility index (Phi) is 16.7. The number of hydrogen-bond donors (Lipinski definition) is 4. The van der Waals surface area contributed by atoms with E-state index in [-0.39, 0.29) is 47.8 Å². The van der Waals surface area contributed by atoms with Gasteiger partial charge in [-0.3, -0.25) is 4.79 Å². The number of amides is 1. The number of methoxy groups -OCH3 is 1. The molecule has 0 aliphatic carbocycles. The first kappa shape index (κ1) is 34.3. The lowest BCUT2D eigenvalue weighted by atomic mass is 9.80. The average Bonchev–Trinajstić information content (AvgIpc) is 2.88. The van der Waals surface area contributed by atoms with Gasteiger partial charge in [-0.15, -0.1) is 0 Å². The molecule has 1 rings (SSSR count). The normalized spacial score (nSPS) is 15.8. The van der Waals surface area contributed by atoms with E-state index in [0.29, 0.717) is 57.8 Å². The van der Waals surface area contributed by atoms with Gasteiger partial charge >= 0.3 is 0 Å². The number of rotatable bonds is 20. The zero-order valence-electron chi connectivity index (χ0n) is 24.4. The Hall–Kier alpha value is -1.74. The van der Waals surface area contributed by atoms with Crippen molar-refractivity contribution in [3.05, 3.63) is 29.6 Å². The van der Waals surface area contributed by atoms with Crippen molar-refractivity contribution in [2.75, 3.05) is 33.5 Å². The summed E-state index contributed by atoms with van der Waals surface area (Å²) < 4.78 is 24.9. The fourth-order valence-corrected chi connectivity index (χ4v) is 4.70. The van der Waals surface area contributed by atoms with Crippen LogP contribution < -0.4 is 15.8 Å². The summed E-state index contributed by atoms with van der Waals surface area (Å²) in [4.78, 5) is 12.9. The van der Waals surface area contributed by atoms with E-state index in [1.54, 1.807) is 19.2 Å². The zero-order valence-corrected chi connectivity index (χ0v) is 24.4. The molecule has 8 heteroatoms. The molecule has 0 aliphatic heterocycles. The molecule has 1 aromatic carbocycles. The van der Waals surface area contributed by atoms with Crippen molar-refractivity contribution in [2.45, 2.75) is 85.3 Å². The summed E-state index contributed by atoms with van der Waals surface area (Å²) in [7, 11) is 1.62. The lowest BCUT2D eigenvalue weighted by Crippen LogP contribution is -2.43. The molecule has 0 spiro atoms. The largest absolute Gasteiger partial charge is 0.490 e. The summed E-state index contributed by atoms with van der Waals surface area (Å²) in [5.74, 6) is 0.172. The minimum absolute atomic E-state index is 0.0530. The summed E-state index contributed by atoms with van der Waals surface area (Å²) in [6.45, 7) is 11.8. The Morgan fingerprint density at radius 1 is 1.13 bits per heavy atom. The third-order valence-electron chi connectivity index (χ3n) is 7.57. The van der Waals surface area contributed by atoms with Gasteiger partial charge in [0.15, 0.2) is 11.6 Å². The fraction of sp³-hybridized carbons (Fsp3) is 0.767. The van der Waals surface area contributed by atoms with Gasteiger partial charge in [-0.2, -0.15) is 0 Å². The molecule has 7 nitrogen and oxygen atoms in total. The van der Waals surface area contributed by atoms with E-state index in [4.69, 9.17) is 15.2 Å². The molecule has 220 valence electrons. The number of carbonyl (C=O) groups is 1. The number of carbonyl (C=O) groups excluding carboxylic acids is 1. The first-order chi connectivity index (χ1) is 18.0. The van der Waals surface area contributed by atoms with E-state index in [0.717, 1.165) is 12.0 Å². The second-order valence-corrected chi connectivity index (χ2v) is 11.3. The summed E-state index contributed by atoms with van der Waals surface area (Å²) in [5.41, 5.74) is 7.44. The van der Waals surface area contributed by atoms with E-state index in [2.05, 4.69) is 19.2 Å². The molecule has 0 radical (unpaired) electrons. The molecule has 0 aromatic heterocycles. The molecule has 38 heavy (non-hydrogen) atoms. The number of benzene rings is 1. The molecular weight excluding hydrogens is 487 g/mol. The summed E-state index contributed by atoms with van der Waals surface area (Å²) in [6, 6.07) is 4.47. The molecule has 0 fully saturated rings. The Bertz CT molecular complexity index is 792. The molecule has 0 saturated heterocycles. The van der Waals surface area contributed by atoms with Crippen molar-refractivity contribution < 1.29 is 28.9 Å². The van der Waals surface area contributed by atoms with Gasteiger partial charge in [-0.1, -0.05) is 47.1 Å². The van der Waals surface area contributed by atoms with Crippen LogP contribution >= 0.6 is 0 Å². The first-order valence-corrected chi connectivity index (χ1v) is 14.3. The summed E-state index contributed by atoms with van der Waals surface area (Å²) in [5, 5.41) is 23.2. The third-order valence-corrected chi connectivity index (χ3v) is 7.57. The van der Waals surface area contributed by atoms with Crippen LogP contribution in [0.3, 0.4) is 0 Å². The van der Waals surface area contributed by atoms with Crippen molar-refractivity contribution >= 4 is 5.91 Å². The van der Waals surface area contributed by atoms with E-state index in [1.807, 2.05) is 20.8 Å². The maximum Gasteiger partial charge on any atom is 0.223 e. The number of aliphatic hydroxyl groups excluding tert-OH is 2. The SMILES string of the molecule is CCC(CCO)CNC(=O)[C@@H](C[C@H](O)[C@@H](N)C[C@H](Cc1ccc(F)c(OCCCOC)c1)C(C)C)C(C)C. The topological polar surface area (TPSA) is 114 Å². The minimum Gasteiger partial charge on any atom is -0.490 e. The van der Waals surface area contributed by atoms with E-state index in [1.165, 1.54) is 6.07 Å². The Balaban J connectivity index is 2.78. The van der Waals surface area contributed by atoms with Crippen LogP contribution in [0.4, 0.5) is 4.39 Å². The van der Waals surface area contributed by atoms with Crippen molar-refractivity contribution in [2.24, 2.45) is 35.3 Å². The van der Waals surface area contributed by atoms with Gasteiger partial charge in [-0.25, -0.2) is 4.39 Å². The maximum absolute atomic E-state index is 14.2. The highest BCUT2D eigenvalue weighted by Gasteiger charge is 2.30. The highest BCUT2D eigenvalue weighted by molar-refractivity contribution is 5.78. The zero-order chi connectivity index (χ0) is 28.7. The van der Waals surface area contributed by atoms with Gasteiger partial charge in [0.25, 0.3) is 0 Å². The minimum atomic E-state index is -0.818. The first-order valence-electron chi connectivity index (χ1n) is 14.3. The van der Waals surface area contributed by atoms with E-state index < -0.39 is 12.1 Å². The van der Waals surface area contributed by atoms with Crippen LogP contribution in [-0.4, -0.2) is 61.7 Å². The third kappa shape index (κ3) is 12.4. The van der Waals surface area contributed by atoms with E-state index in [9.17, 15) is 19.4 Å². The molecule has 0 aliphatic rings. The smallest absolute Gasteiger partial charge is 0.223 e. The second-order valence-electron chi connectivity index (χ2n) is 11.3. The van der Waals surface area contributed by atoms with E-state index >= 15 is 0 Å². The molecular formula is C30H53FN2O5. The Labute approximate surface area is 229 Å². The molecule has 0 bridgehead atoms. The second kappa shape index (κ2) is 18.5. The lowest BCUT2D eigenvalue weighted by Gasteiger charge is -2.30. The maximum atomic E-state index is 14.2. The van der Waals surface area contributed by atoms with Crippen molar-refractivity contribution in [3.63, 3.8) is 0 Å². The summed E-state index contributed by atoms with van der Waals surface area (Å²) >= 11 is 0. The number of ether oxygens (including phenoxy) is 2.